The van der Waals surface area contributed by atoms with Gasteiger partial charge in [0.15, 0.2) is 11.5 Å². The van der Waals surface area contributed by atoms with Crippen LogP contribution in [0.5, 0.6) is 11.5 Å². The van der Waals surface area contributed by atoms with Crippen LogP contribution in [0.3, 0.4) is 0 Å². The minimum Gasteiger partial charge on any atom is -0.454 e. The molecular weight excluding hydrogens is 462 g/mol. The lowest BCUT2D eigenvalue weighted by molar-refractivity contribution is -0.133. The van der Waals surface area contributed by atoms with E-state index in [-0.39, 0.29) is 31.3 Å². The number of carbonyl (C=O) groups is 2. The molecule has 184 valence electrons. The summed E-state index contributed by atoms with van der Waals surface area (Å²) in [5, 5.41) is 4.96. The van der Waals surface area contributed by atoms with Crippen LogP contribution in [-0.4, -0.2) is 41.1 Å². The highest BCUT2D eigenvalue weighted by molar-refractivity contribution is 7.10. The van der Waals surface area contributed by atoms with Gasteiger partial charge in [0, 0.05) is 23.2 Å². The van der Waals surface area contributed by atoms with Gasteiger partial charge in [0.1, 0.15) is 6.54 Å². The molecule has 0 saturated heterocycles. The van der Waals surface area contributed by atoms with Crippen molar-refractivity contribution in [3.05, 3.63) is 76.0 Å². The van der Waals surface area contributed by atoms with Gasteiger partial charge in [-0.05, 0) is 67.1 Å². The molecule has 0 bridgehead atoms. The number of aryl methyl sites for hydroxylation is 1. The van der Waals surface area contributed by atoms with Crippen molar-refractivity contribution in [3.8, 4) is 11.5 Å². The molecule has 1 N–H and O–H groups in total. The molecule has 3 aromatic rings. The summed E-state index contributed by atoms with van der Waals surface area (Å²) in [6.07, 6.45) is 0.738. The predicted octanol–water partition coefficient (Wildman–Crippen LogP) is 5.65. The summed E-state index contributed by atoms with van der Waals surface area (Å²) in [4.78, 5) is 31.4. The molecule has 7 nitrogen and oxygen atoms in total. The zero-order chi connectivity index (χ0) is 24.8. The standard InChI is InChI=1S/C27H31N3O4S/c1-4-20(3)30(27(32)28-22-8-6-5-7-9-22)17-26(31)29(16-25-19(2)12-13-35-25)15-21-10-11-23-24(14-21)34-18-33-23/h5-14,20H,4,15-18H2,1-3H3,(H,28,32). The molecule has 35 heavy (non-hydrogen) atoms. The molecule has 0 radical (unpaired) electrons. The van der Waals surface area contributed by atoms with Gasteiger partial charge >= 0.3 is 6.03 Å². The molecule has 1 atom stereocenters. The zero-order valence-electron chi connectivity index (χ0n) is 20.3. The van der Waals surface area contributed by atoms with Crippen LogP contribution < -0.4 is 14.8 Å². The SMILES string of the molecule is CCC(C)N(CC(=O)N(Cc1ccc2c(c1)OCO2)Cc1sccc1C)C(=O)Nc1ccccc1. The quantitative estimate of drug-likeness (QED) is 0.418. The summed E-state index contributed by atoms with van der Waals surface area (Å²) >= 11 is 1.63. The van der Waals surface area contributed by atoms with Crippen molar-refractivity contribution in [1.82, 2.24) is 9.80 Å². The molecule has 1 aromatic heterocycles. The molecule has 8 heteroatoms. The van der Waals surface area contributed by atoms with E-state index in [1.54, 1.807) is 16.2 Å². The van der Waals surface area contributed by atoms with Crippen LogP contribution >= 0.6 is 11.3 Å². The summed E-state index contributed by atoms with van der Waals surface area (Å²) in [5.41, 5.74) is 2.80. The van der Waals surface area contributed by atoms with Gasteiger partial charge in [0.2, 0.25) is 12.7 Å². The van der Waals surface area contributed by atoms with E-state index in [4.69, 9.17) is 9.47 Å². The number of nitrogens with zero attached hydrogens (tertiary/aromatic N) is 2. The Morgan fingerprint density at radius 2 is 1.83 bits per heavy atom. The number of rotatable bonds is 9. The van der Waals surface area contributed by atoms with Crippen LogP contribution in [0, 0.1) is 6.92 Å². The van der Waals surface area contributed by atoms with Gasteiger partial charge in [-0.3, -0.25) is 4.79 Å². The van der Waals surface area contributed by atoms with Crippen LogP contribution in [0.1, 0.15) is 36.3 Å². The highest BCUT2D eigenvalue weighted by Crippen LogP contribution is 2.33. The Morgan fingerprint density at radius 3 is 2.54 bits per heavy atom. The molecule has 0 aliphatic carbocycles. The lowest BCUT2D eigenvalue weighted by Crippen LogP contribution is -2.47. The Balaban J connectivity index is 1.54. The summed E-state index contributed by atoms with van der Waals surface area (Å²) in [7, 11) is 0. The number of anilines is 1. The molecule has 1 unspecified atom stereocenters. The van der Waals surface area contributed by atoms with E-state index in [1.807, 2.05) is 79.6 Å². The number of hydrogen-bond acceptors (Lipinski definition) is 5. The Morgan fingerprint density at radius 1 is 1.06 bits per heavy atom. The summed E-state index contributed by atoms with van der Waals surface area (Å²) in [6.45, 7) is 7.10. The van der Waals surface area contributed by atoms with Gasteiger partial charge in [-0.1, -0.05) is 31.2 Å². The van der Waals surface area contributed by atoms with E-state index in [0.717, 1.165) is 22.4 Å². The number of nitrogens with one attached hydrogen (secondary N) is 1. The fourth-order valence-corrected chi connectivity index (χ4v) is 4.76. The average molecular weight is 494 g/mol. The summed E-state index contributed by atoms with van der Waals surface area (Å²) in [6, 6.07) is 16.7. The third-order valence-corrected chi connectivity index (χ3v) is 7.19. The molecule has 1 aliphatic heterocycles. The third kappa shape index (κ3) is 6.14. The first-order chi connectivity index (χ1) is 16.9. The molecule has 0 saturated carbocycles. The first-order valence-electron chi connectivity index (χ1n) is 11.8. The van der Waals surface area contributed by atoms with Gasteiger partial charge in [0.05, 0.1) is 6.54 Å². The van der Waals surface area contributed by atoms with E-state index in [9.17, 15) is 9.59 Å². The monoisotopic (exact) mass is 493 g/mol. The van der Waals surface area contributed by atoms with Crippen LogP contribution in [0.4, 0.5) is 10.5 Å². The van der Waals surface area contributed by atoms with E-state index in [2.05, 4.69) is 11.4 Å². The lowest BCUT2D eigenvalue weighted by atomic mass is 10.1. The highest BCUT2D eigenvalue weighted by Gasteiger charge is 2.26. The number of ether oxygens (including phenoxy) is 2. The van der Waals surface area contributed by atoms with Gasteiger partial charge in [-0.2, -0.15) is 0 Å². The number of thiophene rings is 1. The normalized spacial score (nSPS) is 12.8. The number of hydrogen-bond donors (Lipinski definition) is 1. The van der Waals surface area contributed by atoms with Crippen molar-refractivity contribution >= 4 is 29.0 Å². The van der Waals surface area contributed by atoms with Crippen molar-refractivity contribution in [3.63, 3.8) is 0 Å². The molecular formula is C27H31N3O4S. The molecule has 1 aliphatic rings. The number of benzene rings is 2. The molecule has 3 amide bonds. The maximum atomic E-state index is 13.7. The van der Waals surface area contributed by atoms with Gasteiger partial charge < -0.3 is 24.6 Å². The fraction of sp³-hybridized carbons (Fsp3) is 0.333. The van der Waals surface area contributed by atoms with Crippen molar-refractivity contribution in [2.45, 2.75) is 46.3 Å². The third-order valence-electron chi connectivity index (χ3n) is 6.18. The van der Waals surface area contributed by atoms with Crippen molar-refractivity contribution in [2.24, 2.45) is 0 Å². The van der Waals surface area contributed by atoms with Crippen molar-refractivity contribution in [1.29, 1.82) is 0 Å². The maximum Gasteiger partial charge on any atom is 0.322 e. The lowest BCUT2D eigenvalue weighted by Gasteiger charge is -2.31. The zero-order valence-corrected chi connectivity index (χ0v) is 21.1. The topological polar surface area (TPSA) is 71.1 Å². The van der Waals surface area contributed by atoms with E-state index >= 15 is 0 Å². The van der Waals surface area contributed by atoms with Gasteiger partial charge in [-0.15, -0.1) is 11.3 Å². The van der Waals surface area contributed by atoms with Gasteiger partial charge in [-0.25, -0.2) is 4.79 Å². The molecule has 4 rings (SSSR count). The van der Waals surface area contributed by atoms with Crippen molar-refractivity contribution < 1.29 is 19.1 Å². The Kier molecular flexibility index (Phi) is 7.92. The first-order valence-corrected chi connectivity index (χ1v) is 12.6. The van der Waals surface area contributed by atoms with Crippen molar-refractivity contribution in [2.75, 3.05) is 18.7 Å². The van der Waals surface area contributed by atoms with Crippen LogP contribution in [0.2, 0.25) is 0 Å². The first kappa shape index (κ1) is 24.6. The summed E-state index contributed by atoms with van der Waals surface area (Å²) in [5.74, 6) is 1.28. The fourth-order valence-electron chi connectivity index (χ4n) is 3.84. The number of fused-ring (bicyclic) bond motifs is 1. The molecule has 0 spiro atoms. The van der Waals surface area contributed by atoms with Crippen LogP contribution in [0.25, 0.3) is 0 Å². The highest BCUT2D eigenvalue weighted by atomic mass is 32.1. The Labute approximate surface area is 210 Å². The van der Waals surface area contributed by atoms with E-state index < -0.39 is 0 Å². The number of amides is 3. The van der Waals surface area contributed by atoms with Crippen LogP contribution in [0.15, 0.2) is 60.0 Å². The smallest absolute Gasteiger partial charge is 0.322 e. The second-order valence-corrected chi connectivity index (χ2v) is 9.65. The number of urea groups is 1. The molecule has 2 aromatic carbocycles. The number of para-hydroxylation sites is 1. The predicted molar refractivity (Wildman–Crippen MR) is 138 cm³/mol. The number of carbonyl (C=O) groups excluding carboxylic acids is 2. The molecule has 0 fully saturated rings. The maximum absolute atomic E-state index is 13.7. The van der Waals surface area contributed by atoms with E-state index in [0.29, 0.717) is 30.3 Å². The Hall–Kier alpha value is -3.52. The van der Waals surface area contributed by atoms with Crippen LogP contribution in [-0.2, 0) is 17.9 Å². The minimum atomic E-state index is -0.283. The second-order valence-electron chi connectivity index (χ2n) is 8.65. The Bertz CT molecular complexity index is 1160. The second kappa shape index (κ2) is 11.3. The molecule has 2 heterocycles. The minimum absolute atomic E-state index is 0.0113. The average Bonchev–Trinajstić information content (AvgIpc) is 3.50. The van der Waals surface area contributed by atoms with Gasteiger partial charge in [0.25, 0.3) is 0 Å². The summed E-state index contributed by atoms with van der Waals surface area (Å²) < 4.78 is 10.9. The van der Waals surface area contributed by atoms with E-state index in [1.165, 1.54) is 0 Å². The largest absolute Gasteiger partial charge is 0.454 e.